The van der Waals surface area contributed by atoms with Crippen LogP contribution in [0.3, 0.4) is 0 Å². The van der Waals surface area contributed by atoms with E-state index in [1.54, 1.807) is 0 Å². The predicted octanol–water partition coefficient (Wildman–Crippen LogP) is 6.10. The summed E-state index contributed by atoms with van der Waals surface area (Å²) in [6.45, 7) is 34.0. The SMILES string of the molecule is CC(C)C1CCN(C(=O)CC(C)(C)C)CC1.CC(C)N1CCN(C(=O)C(C)(C)C)CC1.CC(C)N1CCN(C(=O)C(C)(F)F)CC1. The van der Waals surface area contributed by atoms with Crippen LogP contribution in [0.1, 0.15) is 109 Å². The molecule has 0 aromatic heterocycles. The van der Waals surface area contributed by atoms with Crippen LogP contribution >= 0.6 is 0 Å². The van der Waals surface area contributed by atoms with Crippen LogP contribution in [0, 0.1) is 22.7 Å². The van der Waals surface area contributed by atoms with Crippen molar-refractivity contribution in [2.75, 3.05) is 65.4 Å². The van der Waals surface area contributed by atoms with E-state index in [4.69, 9.17) is 0 Å². The summed E-state index contributed by atoms with van der Waals surface area (Å²) in [5.74, 6) is -2.08. The topological polar surface area (TPSA) is 67.4 Å². The third kappa shape index (κ3) is 15.0. The minimum atomic E-state index is -3.24. The van der Waals surface area contributed by atoms with Crippen molar-refractivity contribution < 1.29 is 23.2 Å². The summed E-state index contributed by atoms with van der Waals surface area (Å²) in [6, 6.07) is 1.00. The Hall–Kier alpha value is -1.81. The van der Waals surface area contributed by atoms with Gasteiger partial charge in [0.15, 0.2) is 0 Å². The molecule has 10 heteroatoms. The first-order chi connectivity index (χ1) is 20.9. The molecule has 46 heavy (non-hydrogen) atoms. The number of likely N-dealkylation sites (tertiary alicyclic amines) is 1. The number of hydrogen-bond donors (Lipinski definition) is 0. The van der Waals surface area contributed by atoms with Gasteiger partial charge >= 0.3 is 5.92 Å². The Morgan fingerprint density at radius 3 is 1.24 bits per heavy atom. The number of nitrogens with zero attached hydrogens (tertiary/aromatic N) is 5. The average molecular weight is 658 g/mol. The minimum absolute atomic E-state index is 0.117. The maximum absolute atomic E-state index is 12.8. The van der Waals surface area contributed by atoms with E-state index in [2.05, 4.69) is 77.0 Å². The first-order valence-corrected chi connectivity index (χ1v) is 17.7. The van der Waals surface area contributed by atoms with Gasteiger partial charge in [0.2, 0.25) is 11.8 Å². The van der Waals surface area contributed by atoms with Gasteiger partial charge in [-0.15, -0.1) is 0 Å². The maximum Gasteiger partial charge on any atom is 0.322 e. The number of alkyl halides is 2. The molecule has 8 nitrogen and oxygen atoms in total. The van der Waals surface area contributed by atoms with Crippen molar-refractivity contribution in [3.8, 4) is 0 Å². The highest BCUT2D eigenvalue weighted by atomic mass is 19.3. The van der Waals surface area contributed by atoms with Crippen molar-refractivity contribution in [3.05, 3.63) is 0 Å². The second-order valence-corrected chi connectivity index (χ2v) is 16.7. The fourth-order valence-electron chi connectivity index (χ4n) is 6.02. The molecule has 0 aromatic rings. The molecule has 3 rings (SSSR count). The molecule has 3 aliphatic heterocycles. The highest BCUT2D eigenvalue weighted by Crippen LogP contribution is 2.27. The first-order valence-electron chi connectivity index (χ1n) is 17.7. The van der Waals surface area contributed by atoms with Gasteiger partial charge in [0, 0.05) is 96.3 Å². The zero-order valence-corrected chi connectivity index (χ0v) is 31.7. The van der Waals surface area contributed by atoms with Crippen LogP contribution < -0.4 is 0 Å². The van der Waals surface area contributed by atoms with E-state index in [1.807, 2.05) is 25.7 Å². The number of amides is 3. The van der Waals surface area contributed by atoms with Gasteiger partial charge in [-0.3, -0.25) is 24.2 Å². The fourth-order valence-corrected chi connectivity index (χ4v) is 6.02. The number of carbonyl (C=O) groups excluding carboxylic acids is 3. The Labute approximate surface area is 280 Å². The summed E-state index contributed by atoms with van der Waals surface area (Å²) >= 11 is 0. The Balaban J connectivity index is 0.000000345. The molecule has 0 saturated carbocycles. The molecule has 0 unspecified atom stereocenters. The molecule has 3 heterocycles. The van der Waals surface area contributed by atoms with Crippen LogP contribution in [0.2, 0.25) is 0 Å². The van der Waals surface area contributed by atoms with Crippen molar-refractivity contribution >= 4 is 17.7 Å². The van der Waals surface area contributed by atoms with Crippen LogP contribution in [0.5, 0.6) is 0 Å². The summed E-state index contributed by atoms with van der Waals surface area (Å²) < 4.78 is 25.5. The molecule has 0 radical (unpaired) electrons. The van der Waals surface area contributed by atoms with E-state index < -0.39 is 11.8 Å². The van der Waals surface area contributed by atoms with Crippen LogP contribution in [-0.2, 0) is 14.4 Å². The summed E-state index contributed by atoms with van der Waals surface area (Å²) in [7, 11) is 0. The molecule has 0 N–H and O–H groups in total. The smallest absolute Gasteiger partial charge is 0.322 e. The highest BCUT2D eigenvalue weighted by molar-refractivity contribution is 5.83. The number of hydrogen-bond acceptors (Lipinski definition) is 5. The quantitative estimate of drug-likeness (QED) is 0.358. The molecule has 0 aliphatic carbocycles. The highest BCUT2D eigenvalue weighted by Gasteiger charge is 2.38. The third-order valence-corrected chi connectivity index (χ3v) is 9.20. The van der Waals surface area contributed by atoms with Gasteiger partial charge in [-0.1, -0.05) is 55.4 Å². The van der Waals surface area contributed by atoms with E-state index in [-0.39, 0.29) is 16.7 Å². The first kappa shape index (κ1) is 42.2. The zero-order valence-electron chi connectivity index (χ0n) is 31.7. The zero-order chi connectivity index (χ0) is 35.6. The van der Waals surface area contributed by atoms with Crippen molar-refractivity contribution in [2.45, 2.75) is 127 Å². The summed E-state index contributed by atoms with van der Waals surface area (Å²) in [4.78, 5) is 45.2. The lowest BCUT2D eigenvalue weighted by molar-refractivity contribution is -0.156. The van der Waals surface area contributed by atoms with Crippen LogP contribution in [-0.4, -0.2) is 126 Å². The van der Waals surface area contributed by atoms with Crippen molar-refractivity contribution in [3.63, 3.8) is 0 Å². The van der Waals surface area contributed by atoms with Gasteiger partial charge in [0.05, 0.1) is 0 Å². The molecule has 3 saturated heterocycles. The molecule has 0 spiro atoms. The third-order valence-electron chi connectivity index (χ3n) is 9.20. The van der Waals surface area contributed by atoms with E-state index in [1.165, 1.54) is 17.7 Å². The molecule has 0 atom stereocenters. The summed E-state index contributed by atoms with van der Waals surface area (Å²) in [6.07, 6.45) is 3.06. The number of piperazine rings is 2. The second-order valence-electron chi connectivity index (χ2n) is 16.7. The van der Waals surface area contributed by atoms with Gasteiger partial charge in [-0.2, -0.15) is 8.78 Å². The predicted molar refractivity (Wildman–Crippen MR) is 185 cm³/mol. The Morgan fingerprint density at radius 1 is 0.587 bits per heavy atom. The van der Waals surface area contributed by atoms with E-state index in [9.17, 15) is 23.2 Å². The second kappa shape index (κ2) is 18.1. The lowest BCUT2D eigenvalue weighted by atomic mass is 9.86. The molecular weight excluding hydrogens is 588 g/mol. The van der Waals surface area contributed by atoms with Crippen molar-refractivity contribution in [1.82, 2.24) is 24.5 Å². The average Bonchev–Trinajstić information content (AvgIpc) is 2.95. The van der Waals surface area contributed by atoms with Crippen LogP contribution in [0.15, 0.2) is 0 Å². The van der Waals surface area contributed by atoms with Gasteiger partial charge in [-0.25, -0.2) is 0 Å². The molecule has 3 aliphatic rings. The van der Waals surface area contributed by atoms with Gasteiger partial charge < -0.3 is 14.7 Å². The van der Waals surface area contributed by atoms with E-state index in [0.29, 0.717) is 57.5 Å². The van der Waals surface area contributed by atoms with Crippen molar-refractivity contribution in [2.24, 2.45) is 22.7 Å². The fraction of sp³-hybridized carbons (Fsp3) is 0.917. The van der Waals surface area contributed by atoms with E-state index >= 15 is 0 Å². The Bertz CT molecular complexity index is 879. The number of piperidine rings is 1. The number of halogens is 2. The molecule has 270 valence electrons. The summed E-state index contributed by atoms with van der Waals surface area (Å²) in [5.41, 5.74) is -0.119. The van der Waals surface area contributed by atoms with Crippen molar-refractivity contribution in [1.29, 1.82) is 0 Å². The Morgan fingerprint density at radius 2 is 0.957 bits per heavy atom. The summed E-state index contributed by atoms with van der Waals surface area (Å²) in [5, 5.41) is 0. The normalized spacial score (nSPS) is 19.6. The number of rotatable bonds is 5. The van der Waals surface area contributed by atoms with E-state index in [0.717, 1.165) is 51.1 Å². The standard InChI is InChI=1S/C14H27NO.C12H24N2O.C10H18F2N2O/c1-11(2)12-6-8-15(9-7-12)13(16)10-14(3,4)5;1-10(2)13-6-8-14(9-7-13)11(15)12(3,4)5;1-8(2)13-4-6-14(7-5-13)9(15)10(3,11)12/h11-12H,6-10H2,1-5H3;10H,6-9H2,1-5H3;8H,4-7H2,1-3H3. The lowest BCUT2D eigenvalue weighted by Crippen LogP contribution is -2.53. The minimum Gasteiger partial charge on any atom is -0.343 e. The molecule has 0 bridgehead atoms. The molecular formula is C36H69F2N5O3. The van der Waals surface area contributed by atoms with Gasteiger partial charge in [-0.05, 0) is 57.8 Å². The Kier molecular flexibility index (Phi) is 16.6. The van der Waals surface area contributed by atoms with Crippen LogP contribution in [0.4, 0.5) is 8.78 Å². The maximum atomic E-state index is 12.8. The molecule has 3 amide bonds. The lowest BCUT2D eigenvalue weighted by Gasteiger charge is -2.39. The molecule has 3 fully saturated rings. The molecule has 0 aromatic carbocycles. The van der Waals surface area contributed by atoms with Gasteiger partial charge in [0.25, 0.3) is 5.91 Å². The largest absolute Gasteiger partial charge is 0.343 e. The monoisotopic (exact) mass is 658 g/mol. The number of carbonyl (C=O) groups is 3. The van der Waals surface area contributed by atoms with Gasteiger partial charge in [0.1, 0.15) is 0 Å². The van der Waals surface area contributed by atoms with Crippen LogP contribution in [0.25, 0.3) is 0 Å².